The Morgan fingerprint density at radius 3 is 2.95 bits per heavy atom. The molecule has 2 saturated heterocycles. The molecule has 2 aliphatic heterocycles. The molecule has 1 N–H and O–H groups in total. The summed E-state index contributed by atoms with van der Waals surface area (Å²) < 4.78 is 5.35. The SMILES string of the molecule is OC1CCCN(Cc2ccnc(N3CCOCC3)n2)C1. The number of hydrogen-bond donors (Lipinski definition) is 1. The number of anilines is 1. The lowest BCUT2D eigenvalue weighted by molar-refractivity contribution is 0.0662. The van der Waals surface area contributed by atoms with Crippen LogP contribution in [0.1, 0.15) is 18.5 Å². The van der Waals surface area contributed by atoms with Gasteiger partial charge in [-0.2, -0.15) is 0 Å². The number of piperidine rings is 1. The van der Waals surface area contributed by atoms with Gasteiger partial charge in [-0.3, -0.25) is 4.90 Å². The van der Waals surface area contributed by atoms with Gasteiger partial charge in [-0.1, -0.05) is 0 Å². The van der Waals surface area contributed by atoms with Crippen LogP contribution in [0.4, 0.5) is 5.95 Å². The van der Waals surface area contributed by atoms with E-state index in [0.717, 1.165) is 70.4 Å². The largest absolute Gasteiger partial charge is 0.392 e. The summed E-state index contributed by atoms with van der Waals surface area (Å²) in [6.07, 6.45) is 3.61. The average molecular weight is 278 g/mol. The zero-order chi connectivity index (χ0) is 13.8. The van der Waals surface area contributed by atoms with Crippen molar-refractivity contribution < 1.29 is 9.84 Å². The zero-order valence-corrected chi connectivity index (χ0v) is 11.7. The van der Waals surface area contributed by atoms with Crippen molar-refractivity contribution >= 4 is 5.95 Å². The highest BCUT2D eigenvalue weighted by atomic mass is 16.5. The van der Waals surface area contributed by atoms with E-state index in [1.165, 1.54) is 0 Å². The molecule has 1 aromatic heterocycles. The first-order valence-electron chi connectivity index (χ1n) is 7.36. The molecule has 6 heteroatoms. The van der Waals surface area contributed by atoms with Crippen LogP contribution in [-0.4, -0.2) is 65.5 Å². The van der Waals surface area contributed by atoms with Crippen LogP contribution in [0.15, 0.2) is 12.3 Å². The van der Waals surface area contributed by atoms with Crippen LogP contribution < -0.4 is 4.90 Å². The first-order valence-corrected chi connectivity index (χ1v) is 7.36. The summed E-state index contributed by atoms with van der Waals surface area (Å²) in [5, 5.41) is 9.72. The molecule has 20 heavy (non-hydrogen) atoms. The van der Waals surface area contributed by atoms with Gasteiger partial charge >= 0.3 is 0 Å². The van der Waals surface area contributed by atoms with Crippen molar-refractivity contribution in [3.8, 4) is 0 Å². The first-order chi connectivity index (χ1) is 9.81. The van der Waals surface area contributed by atoms with E-state index in [0.29, 0.717) is 0 Å². The van der Waals surface area contributed by atoms with Crippen molar-refractivity contribution in [2.24, 2.45) is 0 Å². The van der Waals surface area contributed by atoms with Gasteiger partial charge in [0.1, 0.15) is 0 Å². The molecule has 0 spiro atoms. The molecule has 1 atom stereocenters. The fourth-order valence-electron chi connectivity index (χ4n) is 2.79. The molecule has 0 saturated carbocycles. The molecule has 0 aromatic carbocycles. The van der Waals surface area contributed by atoms with Crippen molar-refractivity contribution in [1.29, 1.82) is 0 Å². The van der Waals surface area contributed by atoms with Gasteiger partial charge in [0.25, 0.3) is 0 Å². The van der Waals surface area contributed by atoms with E-state index in [1.54, 1.807) is 0 Å². The normalized spacial score (nSPS) is 24.9. The van der Waals surface area contributed by atoms with Crippen LogP contribution in [0, 0.1) is 0 Å². The molecule has 2 aliphatic rings. The number of nitrogens with zero attached hydrogens (tertiary/aromatic N) is 4. The topological polar surface area (TPSA) is 61.7 Å². The lowest BCUT2D eigenvalue weighted by Crippen LogP contribution is -2.39. The number of morpholine rings is 1. The molecule has 0 bridgehead atoms. The van der Waals surface area contributed by atoms with Gasteiger partial charge < -0.3 is 14.7 Å². The van der Waals surface area contributed by atoms with Crippen molar-refractivity contribution in [3.63, 3.8) is 0 Å². The Morgan fingerprint density at radius 2 is 2.15 bits per heavy atom. The van der Waals surface area contributed by atoms with E-state index >= 15 is 0 Å². The molecular formula is C14H22N4O2. The maximum atomic E-state index is 9.72. The third-order valence-corrected chi connectivity index (χ3v) is 3.86. The molecule has 0 radical (unpaired) electrons. The summed E-state index contributed by atoms with van der Waals surface area (Å²) in [6.45, 7) is 5.76. The molecule has 0 aliphatic carbocycles. The molecule has 110 valence electrons. The van der Waals surface area contributed by atoms with E-state index in [9.17, 15) is 5.11 Å². The first kappa shape index (κ1) is 13.7. The highest BCUT2D eigenvalue weighted by Gasteiger charge is 2.19. The van der Waals surface area contributed by atoms with E-state index < -0.39 is 0 Å². The van der Waals surface area contributed by atoms with Crippen LogP contribution >= 0.6 is 0 Å². The smallest absolute Gasteiger partial charge is 0.225 e. The molecule has 3 rings (SSSR count). The lowest BCUT2D eigenvalue weighted by Gasteiger charge is -2.30. The Balaban J connectivity index is 1.64. The van der Waals surface area contributed by atoms with E-state index in [2.05, 4.69) is 19.8 Å². The fraction of sp³-hybridized carbons (Fsp3) is 0.714. The second kappa shape index (κ2) is 6.47. The van der Waals surface area contributed by atoms with Crippen molar-refractivity contribution in [2.75, 3.05) is 44.3 Å². The van der Waals surface area contributed by atoms with Gasteiger partial charge in [0, 0.05) is 32.4 Å². The number of likely N-dealkylation sites (tertiary alicyclic amines) is 1. The van der Waals surface area contributed by atoms with E-state index in [1.807, 2.05) is 12.3 Å². The van der Waals surface area contributed by atoms with Crippen molar-refractivity contribution in [2.45, 2.75) is 25.5 Å². The monoisotopic (exact) mass is 278 g/mol. The van der Waals surface area contributed by atoms with Gasteiger partial charge in [-0.15, -0.1) is 0 Å². The number of aromatic nitrogens is 2. The van der Waals surface area contributed by atoms with Crippen molar-refractivity contribution in [1.82, 2.24) is 14.9 Å². The van der Waals surface area contributed by atoms with Crippen LogP contribution in [0.2, 0.25) is 0 Å². The maximum Gasteiger partial charge on any atom is 0.225 e. The Bertz CT molecular complexity index is 437. The molecule has 3 heterocycles. The Labute approximate surface area is 119 Å². The zero-order valence-electron chi connectivity index (χ0n) is 11.7. The second-order valence-electron chi connectivity index (χ2n) is 5.48. The minimum atomic E-state index is -0.190. The summed E-state index contributed by atoms with van der Waals surface area (Å²) in [5.41, 5.74) is 1.02. The fourth-order valence-corrected chi connectivity index (χ4v) is 2.79. The van der Waals surface area contributed by atoms with Crippen LogP contribution in [-0.2, 0) is 11.3 Å². The summed E-state index contributed by atoms with van der Waals surface area (Å²) >= 11 is 0. The number of hydrogen-bond acceptors (Lipinski definition) is 6. The molecule has 2 fully saturated rings. The standard InChI is InChI=1S/C14H22N4O2/c19-13-2-1-5-17(11-13)10-12-3-4-15-14(16-12)18-6-8-20-9-7-18/h3-4,13,19H,1-2,5-11H2. The molecular weight excluding hydrogens is 256 g/mol. The van der Waals surface area contributed by atoms with Crippen molar-refractivity contribution in [3.05, 3.63) is 18.0 Å². The Morgan fingerprint density at radius 1 is 1.30 bits per heavy atom. The molecule has 1 aromatic rings. The molecule has 6 nitrogen and oxygen atoms in total. The highest BCUT2D eigenvalue weighted by Crippen LogP contribution is 2.14. The van der Waals surface area contributed by atoms with Gasteiger partial charge in [0.05, 0.1) is 25.0 Å². The van der Waals surface area contributed by atoms with Gasteiger partial charge in [-0.25, -0.2) is 9.97 Å². The quantitative estimate of drug-likeness (QED) is 0.856. The predicted molar refractivity (Wildman–Crippen MR) is 75.6 cm³/mol. The van der Waals surface area contributed by atoms with Gasteiger partial charge in [0.2, 0.25) is 5.95 Å². The Hall–Kier alpha value is -1.24. The number of aliphatic hydroxyl groups excluding tert-OH is 1. The maximum absolute atomic E-state index is 9.72. The van der Waals surface area contributed by atoms with Crippen LogP contribution in [0.3, 0.4) is 0 Å². The number of ether oxygens (including phenoxy) is 1. The summed E-state index contributed by atoms with van der Waals surface area (Å²) in [6, 6.07) is 1.96. The number of aliphatic hydroxyl groups is 1. The van der Waals surface area contributed by atoms with Crippen LogP contribution in [0.5, 0.6) is 0 Å². The third-order valence-electron chi connectivity index (χ3n) is 3.86. The van der Waals surface area contributed by atoms with Crippen LogP contribution in [0.25, 0.3) is 0 Å². The number of β-amino-alcohol motifs (C(OH)–C–C–N with tert-alkyl or cyclic N) is 1. The average Bonchev–Trinajstić information content (AvgIpc) is 2.48. The lowest BCUT2D eigenvalue weighted by atomic mass is 10.1. The van der Waals surface area contributed by atoms with E-state index in [4.69, 9.17) is 4.74 Å². The highest BCUT2D eigenvalue weighted by molar-refractivity contribution is 5.30. The van der Waals surface area contributed by atoms with Gasteiger partial charge in [-0.05, 0) is 25.5 Å². The predicted octanol–water partition coefficient (Wildman–Crippen LogP) is 0.270. The molecule has 0 amide bonds. The molecule has 1 unspecified atom stereocenters. The van der Waals surface area contributed by atoms with Gasteiger partial charge in [0.15, 0.2) is 0 Å². The number of rotatable bonds is 3. The summed E-state index contributed by atoms with van der Waals surface area (Å²) in [5.74, 6) is 0.795. The Kier molecular flexibility index (Phi) is 4.44. The summed E-state index contributed by atoms with van der Waals surface area (Å²) in [7, 11) is 0. The van der Waals surface area contributed by atoms with E-state index in [-0.39, 0.29) is 6.10 Å². The minimum absolute atomic E-state index is 0.190. The minimum Gasteiger partial charge on any atom is -0.392 e. The summed E-state index contributed by atoms with van der Waals surface area (Å²) in [4.78, 5) is 13.4. The third kappa shape index (κ3) is 3.45. The second-order valence-corrected chi connectivity index (χ2v) is 5.48.